The minimum atomic E-state index is -1.45. The molecular formula is C69H111N11O18. The maximum Gasteiger partial charge on any atom is 0.408 e. The molecule has 2 aromatic carbocycles. The second kappa shape index (κ2) is 37.8. The molecule has 0 aliphatic carbocycles. The Balaban J connectivity index is 2.01. The van der Waals surface area contributed by atoms with Gasteiger partial charge in [0.05, 0.1) is 0 Å². The maximum absolute atomic E-state index is 15.0. The van der Waals surface area contributed by atoms with Gasteiger partial charge in [-0.25, -0.2) is 28.8 Å². The monoisotopic (exact) mass is 1380 g/mol. The third-order valence-electron chi connectivity index (χ3n) is 13.6. The van der Waals surface area contributed by atoms with E-state index >= 15 is 4.79 Å². The number of carbonyl (C=O) groups excluding carboxylic acids is 11. The average Bonchev–Trinajstić information content (AvgIpc) is 1.16. The first kappa shape index (κ1) is 83.4. The number of nitrogens with one attached hydrogen (secondary N) is 11. The van der Waals surface area contributed by atoms with E-state index in [1.54, 1.807) is 161 Å². The highest BCUT2D eigenvalue weighted by Crippen LogP contribution is 2.29. The van der Waals surface area contributed by atoms with E-state index in [1.165, 1.54) is 6.07 Å². The molecule has 0 saturated carbocycles. The van der Waals surface area contributed by atoms with Crippen LogP contribution in [0.1, 0.15) is 194 Å². The number of hydrogen-bond acceptors (Lipinski definition) is 18. The van der Waals surface area contributed by atoms with Crippen LogP contribution in [0, 0.1) is 0 Å². The molecular weight excluding hydrogens is 1270 g/mol. The summed E-state index contributed by atoms with van der Waals surface area (Å²) in [5, 5.41) is 41.3. The molecule has 1 aliphatic rings. The van der Waals surface area contributed by atoms with E-state index in [2.05, 4.69) is 58.5 Å². The molecule has 1 heterocycles. The predicted octanol–water partition coefficient (Wildman–Crippen LogP) is 7.61. The molecule has 3 rings (SSSR count). The number of ether oxygens (including phenoxy) is 6. The first-order valence-corrected chi connectivity index (χ1v) is 33.5. The van der Waals surface area contributed by atoms with E-state index < -0.39 is 136 Å². The Morgan fingerprint density at radius 1 is 0.490 bits per heavy atom. The van der Waals surface area contributed by atoms with E-state index in [9.17, 15) is 53.1 Å². The van der Waals surface area contributed by atoms with Crippen LogP contribution in [-0.4, -0.2) is 174 Å². The molecule has 1 aliphatic heterocycles. The zero-order valence-corrected chi connectivity index (χ0v) is 60.7. The minimum Gasteiger partial charge on any atom is -0.508 e. The summed E-state index contributed by atoms with van der Waals surface area (Å²) in [6, 6.07) is 4.65. The van der Waals surface area contributed by atoms with Gasteiger partial charge in [0.15, 0.2) is 0 Å². The van der Waals surface area contributed by atoms with E-state index in [1.807, 2.05) is 0 Å². The number of amides is 11. The zero-order valence-electron chi connectivity index (χ0n) is 60.7. The fourth-order valence-electron chi connectivity index (χ4n) is 9.57. The number of fused-ring (bicyclic) bond motifs is 5. The van der Waals surface area contributed by atoms with Crippen molar-refractivity contribution in [1.29, 1.82) is 0 Å². The largest absolute Gasteiger partial charge is 0.508 e. The summed E-state index contributed by atoms with van der Waals surface area (Å²) in [7, 11) is 0. The lowest BCUT2D eigenvalue weighted by atomic mass is 9.95. The maximum atomic E-state index is 15.0. The Kier molecular flexibility index (Phi) is 32.2. The number of hydrogen-bond donors (Lipinski definition) is 12. The number of carbonyl (C=O) groups is 11. The van der Waals surface area contributed by atoms with Crippen LogP contribution in [0.3, 0.4) is 0 Å². The van der Waals surface area contributed by atoms with Crippen molar-refractivity contribution < 1.29 is 86.3 Å². The summed E-state index contributed by atoms with van der Waals surface area (Å²) in [4.78, 5) is 150. The molecule has 4 bridgehead atoms. The summed E-state index contributed by atoms with van der Waals surface area (Å²) >= 11 is 0. The molecule has 0 aromatic heterocycles. The van der Waals surface area contributed by atoms with Crippen LogP contribution in [-0.2, 0) is 65.2 Å². The van der Waals surface area contributed by atoms with Gasteiger partial charge in [-0.05, 0) is 210 Å². The number of aromatic hydroxyl groups is 1. The van der Waals surface area contributed by atoms with Crippen LogP contribution in [0.15, 0.2) is 42.5 Å². The number of alkyl carbamates (subject to hydrolysis) is 6. The van der Waals surface area contributed by atoms with Gasteiger partial charge in [-0.15, -0.1) is 0 Å². The molecule has 2 aromatic rings. The van der Waals surface area contributed by atoms with Crippen molar-refractivity contribution >= 4 is 66.1 Å². The van der Waals surface area contributed by atoms with Crippen LogP contribution in [0.5, 0.6) is 5.75 Å². The van der Waals surface area contributed by atoms with Gasteiger partial charge >= 0.3 is 36.6 Å². The minimum absolute atomic E-state index is 0.0115. The number of phenols is 1. The fourth-order valence-corrected chi connectivity index (χ4v) is 9.57. The predicted molar refractivity (Wildman–Crippen MR) is 366 cm³/mol. The quantitative estimate of drug-likeness (QED) is 0.0318. The van der Waals surface area contributed by atoms with Crippen molar-refractivity contribution in [2.75, 3.05) is 32.7 Å². The Morgan fingerprint density at radius 2 is 0.949 bits per heavy atom. The summed E-state index contributed by atoms with van der Waals surface area (Å²) in [5.41, 5.74) is -3.04. The van der Waals surface area contributed by atoms with Gasteiger partial charge in [0.1, 0.15) is 63.5 Å². The number of phenolic OH excluding ortho intramolecular Hbond substituents is 1. The Morgan fingerprint density at radius 3 is 1.48 bits per heavy atom. The summed E-state index contributed by atoms with van der Waals surface area (Å²) in [6.45, 7) is 30.5. The normalized spacial score (nSPS) is 16.3. The van der Waals surface area contributed by atoms with E-state index in [4.69, 9.17) is 28.4 Å². The van der Waals surface area contributed by atoms with Crippen molar-refractivity contribution in [2.24, 2.45) is 0 Å². The Hall–Kier alpha value is -8.79. The first-order chi connectivity index (χ1) is 45.2. The summed E-state index contributed by atoms with van der Waals surface area (Å²) in [5.74, 6) is -3.90. The first-order valence-electron chi connectivity index (χ1n) is 33.5. The van der Waals surface area contributed by atoms with Crippen molar-refractivity contribution in [3.05, 3.63) is 53.6 Å². The van der Waals surface area contributed by atoms with E-state index in [0.29, 0.717) is 29.5 Å². The molecule has 0 spiro atoms. The lowest BCUT2D eigenvalue weighted by Crippen LogP contribution is -2.59. The van der Waals surface area contributed by atoms with Crippen LogP contribution in [0.4, 0.5) is 28.8 Å². The highest BCUT2D eigenvalue weighted by molar-refractivity contribution is 5.96. The van der Waals surface area contributed by atoms with Crippen molar-refractivity contribution in [2.45, 2.75) is 265 Å². The SMILES string of the molecule is CC(C)(C)OC(=O)NCCC[C@@H](CNC(=O)C[C@H](CCCNC(=O)[C@H](CCCNC(=O)OC(C)(C)C)NC(=O)[C@@H]1Cc2cccc(c2)-c2ccc(O)c(c2)C[C@H](NC(=O)OC(C)(C)C)C(=O)N[C@@H](CCCNC(=O)OC(C)(C)C)C(=O)N1)NC(=O)OC(C)(C)C)NC(=O)OC(C)(C)C. The highest BCUT2D eigenvalue weighted by Gasteiger charge is 2.34. The molecule has 29 nitrogen and oxygen atoms in total. The Labute approximate surface area is 577 Å². The van der Waals surface area contributed by atoms with Gasteiger partial charge < -0.3 is 92.0 Å². The Bertz CT molecular complexity index is 3030. The molecule has 6 atom stereocenters. The van der Waals surface area contributed by atoms with Crippen LogP contribution in [0.25, 0.3) is 11.1 Å². The molecule has 0 unspecified atom stereocenters. The zero-order chi connectivity index (χ0) is 74.0. The fraction of sp³-hybridized carbons (Fsp3) is 0.667. The molecule has 0 fully saturated rings. The van der Waals surface area contributed by atoms with Crippen LogP contribution < -0.4 is 58.5 Å². The third kappa shape index (κ3) is 36.5. The molecule has 12 N–H and O–H groups in total. The number of benzene rings is 2. The molecule has 11 amide bonds. The van der Waals surface area contributed by atoms with Crippen molar-refractivity contribution in [1.82, 2.24) is 58.5 Å². The van der Waals surface area contributed by atoms with Gasteiger partial charge in [-0.3, -0.25) is 24.0 Å². The molecule has 98 heavy (non-hydrogen) atoms. The van der Waals surface area contributed by atoms with Gasteiger partial charge in [0.25, 0.3) is 0 Å². The smallest absolute Gasteiger partial charge is 0.408 e. The third-order valence-corrected chi connectivity index (χ3v) is 13.6. The lowest BCUT2D eigenvalue weighted by Gasteiger charge is -2.27. The average molecular weight is 1380 g/mol. The van der Waals surface area contributed by atoms with Crippen LogP contribution in [0.2, 0.25) is 0 Å². The molecule has 550 valence electrons. The summed E-state index contributed by atoms with van der Waals surface area (Å²) in [6.07, 6.45) is -4.25. The standard InChI is InChI=1S/C69H111N11O18/c1-64(2,3)93-58(87)71-33-21-27-47(76-62(91)97-68(13,14)15)41-74-53(82)40-46(75-61(90)96-67(10,11)12)26-20-32-70-54(83)48(28-22-34-72-59(88)94-65(4,5)6)77-56(85)50-37-42-24-19-25-43(36-42)44-30-31-52(81)45(38-44)39-51(80-63(92)98-69(16,17)18)57(86)78-49(55(84)79-50)29-23-35-73-60(89)95-66(7,8)9/h19,24-25,30-31,36,38,46-51,81H,20-23,26-29,32-35,37,39-41H2,1-18H3,(H,70,83)(H,71,87)(H,72,88)(H,73,89)(H,74,82)(H,75,90)(H,76,91)(H,77,85)(H,78,86)(H,79,84)(H,80,92)/t46-,47-,48-,49-,50-,51-/m0/s1. The second-order valence-corrected chi connectivity index (χ2v) is 30.2. The van der Waals surface area contributed by atoms with Gasteiger partial charge in [0, 0.05) is 64.1 Å². The van der Waals surface area contributed by atoms with E-state index in [-0.39, 0.29) is 102 Å². The number of rotatable bonds is 26. The van der Waals surface area contributed by atoms with Gasteiger partial charge in [-0.1, -0.05) is 30.3 Å². The van der Waals surface area contributed by atoms with Crippen molar-refractivity contribution in [3.8, 4) is 16.9 Å². The summed E-state index contributed by atoms with van der Waals surface area (Å²) < 4.78 is 32.6. The van der Waals surface area contributed by atoms with Crippen molar-refractivity contribution in [3.63, 3.8) is 0 Å². The van der Waals surface area contributed by atoms with E-state index in [0.717, 1.165) is 0 Å². The van der Waals surface area contributed by atoms with Crippen LogP contribution >= 0.6 is 0 Å². The molecule has 29 heteroatoms. The second-order valence-electron chi connectivity index (χ2n) is 30.2. The molecule has 0 radical (unpaired) electrons. The lowest BCUT2D eigenvalue weighted by molar-refractivity contribution is -0.134. The van der Waals surface area contributed by atoms with Gasteiger partial charge in [-0.2, -0.15) is 0 Å². The molecule has 0 saturated heterocycles. The highest BCUT2D eigenvalue weighted by atomic mass is 16.6. The van der Waals surface area contributed by atoms with Gasteiger partial charge in [0.2, 0.25) is 29.5 Å². The topological polar surface area (TPSA) is 396 Å².